The molecular formula is C19H13GaN2O. The number of hydrogen-bond donors (Lipinski definition) is 0. The molecule has 0 bridgehead atoms. The van der Waals surface area contributed by atoms with Gasteiger partial charge in [0.2, 0.25) is 0 Å². The topological polar surface area (TPSA) is 27.1 Å². The van der Waals surface area contributed by atoms with Crippen molar-refractivity contribution in [3.8, 4) is 22.7 Å². The number of hydrogen-bond acceptors (Lipinski definition) is 2. The van der Waals surface area contributed by atoms with Gasteiger partial charge in [0.15, 0.2) is 0 Å². The minimum absolute atomic E-state index is 0.831. The van der Waals surface area contributed by atoms with Gasteiger partial charge >= 0.3 is 145 Å². The third-order valence-corrected chi connectivity index (χ3v) is 4.38. The van der Waals surface area contributed by atoms with Gasteiger partial charge in [0.1, 0.15) is 0 Å². The molecule has 0 aliphatic heterocycles. The van der Waals surface area contributed by atoms with Crippen molar-refractivity contribution in [1.29, 1.82) is 0 Å². The Morgan fingerprint density at radius 1 is 0.783 bits per heavy atom. The summed E-state index contributed by atoms with van der Waals surface area (Å²) < 4.78 is 7.57. The molecule has 0 fully saturated rings. The van der Waals surface area contributed by atoms with Gasteiger partial charge < -0.3 is 0 Å². The average molecular weight is 355 g/mol. The Bertz CT molecular complexity index is 963. The molecule has 4 aromatic rings. The van der Waals surface area contributed by atoms with Crippen molar-refractivity contribution in [2.24, 2.45) is 0 Å². The van der Waals surface area contributed by atoms with Crippen LogP contribution in [0.4, 0.5) is 0 Å². The van der Waals surface area contributed by atoms with Crippen LogP contribution in [-0.2, 0) is 0 Å². The first-order chi connectivity index (χ1) is 11.4. The standard InChI is InChI=1S/C19H14N2O.Ga/c22-18-13-7-6-12-17(18)21-19(14-8-2-1-3-9-14)15-10-4-5-11-16(15)20-21;/h1-13,22H;/q;+1/p-1. The Morgan fingerprint density at radius 3 is 2.30 bits per heavy atom. The summed E-state index contributed by atoms with van der Waals surface area (Å²) in [6.07, 6.45) is 0. The predicted octanol–water partition coefficient (Wildman–Crippen LogP) is 4.15. The van der Waals surface area contributed by atoms with E-state index >= 15 is 0 Å². The molecule has 0 aliphatic carbocycles. The first-order valence-electron chi connectivity index (χ1n) is 7.38. The maximum absolute atomic E-state index is 5.59. The molecule has 1 aromatic heterocycles. The quantitative estimate of drug-likeness (QED) is 0.516. The summed E-state index contributed by atoms with van der Waals surface area (Å²) in [5.74, 6) is 0.831. The molecule has 4 rings (SSSR count). The molecule has 0 saturated carbocycles. The fourth-order valence-electron chi connectivity index (χ4n) is 2.81. The van der Waals surface area contributed by atoms with Crippen LogP contribution in [0.2, 0.25) is 0 Å². The van der Waals surface area contributed by atoms with E-state index in [1.807, 2.05) is 65.3 Å². The van der Waals surface area contributed by atoms with Crippen LogP contribution in [0.5, 0.6) is 5.75 Å². The summed E-state index contributed by atoms with van der Waals surface area (Å²) in [4.78, 5) is 0. The Labute approximate surface area is 144 Å². The van der Waals surface area contributed by atoms with Crippen molar-refractivity contribution in [2.45, 2.75) is 0 Å². The predicted molar refractivity (Wildman–Crippen MR) is 92.9 cm³/mol. The molecular weight excluding hydrogens is 342 g/mol. The second-order valence-corrected chi connectivity index (χ2v) is 5.72. The molecule has 0 amide bonds. The van der Waals surface area contributed by atoms with Crippen LogP contribution < -0.4 is 3.53 Å². The molecule has 3 nitrogen and oxygen atoms in total. The zero-order valence-electron chi connectivity index (χ0n) is 12.4. The van der Waals surface area contributed by atoms with E-state index in [2.05, 4.69) is 18.2 Å². The van der Waals surface area contributed by atoms with E-state index < -0.39 is 0 Å². The molecule has 23 heavy (non-hydrogen) atoms. The molecule has 4 heteroatoms. The fourth-order valence-corrected chi connectivity index (χ4v) is 3.23. The summed E-state index contributed by atoms with van der Waals surface area (Å²) >= 11 is 1.22. The van der Waals surface area contributed by atoms with Crippen molar-refractivity contribution in [3.05, 3.63) is 78.9 Å². The Kier molecular flexibility index (Phi) is 3.69. The molecule has 1 heterocycles. The second kappa shape index (κ2) is 5.99. The monoisotopic (exact) mass is 354 g/mol. The summed E-state index contributed by atoms with van der Waals surface area (Å²) in [6.45, 7) is 0. The van der Waals surface area contributed by atoms with Gasteiger partial charge in [0.25, 0.3) is 0 Å². The van der Waals surface area contributed by atoms with Gasteiger partial charge in [0.05, 0.1) is 0 Å². The van der Waals surface area contributed by atoms with Crippen LogP contribution in [0.25, 0.3) is 27.8 Å². The second-order valence-electron chi connectivity index (χ2n) is 5.23. The van der Waals surface area contributed by atoms with Crippen LogP contribution in [0.1, 0.15) is 0 Å². The van der Waals surface area contributed by atoms with E-state index in [0.717, 1.165) is 33.6 Å². The zero-order chi connectivity index (χ0) is 15.6. The molecule has 0 saturated heterocycles. The fraction of sp³-hybridized carbons (Fsp3) is 0. The molecule has 0 aliphatic rings. The molecule has 0 N–H and O–H groups in total. The van der Waals surface area contributed by atoms with E-state index in [1.54, 1.807) is 0 Å². The van der Waals surface area contributed by atoms with Gasteiger partial charge in [-0.05, 0) is 0 Å². The van der Waals surface area contributed by atoms with Gasteiger partial charge in [-0.15, -0.1) is 0 Å². The van der Waals surface area contributed by atoms with E-state index in [9.17, 15) is 0 Å². The van der Waals surface area contributed by atoms with Crippen LogP contribution in [0.15, 0.2) is 78.9 Å². The summed E-state index contributed by atoms with van der Waals surface area (Å²) in [7, 11) is 0. The Balaban J connectivity index is 2.07. The molecule has 0 spiro atoms. The van der Waals surface area contributed by atoms with Gasteiger partial charge in [0, 0.05) is 0 Å². The van der Waals surface area contributed by atoms with Crippen molar-refractivity contribution in [2.75, 3.05) is 0 Å². The average Bonchev–Trinajstić information content (AvgIpc) is 3.01. The van der Waals surface area contributed by atoms with Gasteiger partial charge in [-0.25, -0.2) is 0 Å². The number of benzene rings is 3. The number of nitrogens with zero attached hydrogens (tertiary/aromatic N) is 2. The van der Waals surface area contributed by atoms with Crippen molar-refractivity contribution < 1.29 is 3.53 Å². The third kappa shape index (κ3) is 2.46. The summed E-state index contributed by atoms with van der Waals surface area (Å²) in [5, 5.41) is 5.95. The normalized spacial score (nSPS) is 10.8. The summed E-state index contributed by atoms with van der Waals surface area (Å²) in [5.41, 5.74) is 4.14. The van der Waals surface area contributed by atoms with Crippen molar-refractivity contribution in [3.63, 3.8) is 0 Å². The van der Waals surface area contributed by atoms with E-state index in [0.29, 0.717) is 0 Å². The zero-order valence-corrected chi connectivity index (χ0v) is 14.8. The van der Waals surface area contributed by atoms with E-state index in [-0.39, 0.29) is 0 Å². The number of fused-ring (bicyclic) bond motifs is 1. The third-order valence-electron chi connectivity index (χ3n) is 3.85. The van der Waals surface area contributed by atoms with Gasteiger partial charge in [-0.2, -0.15) is 0 Å². The van der Waals surface area contributed by atoms with E-state index in [4.69, 9.17) is 8.63 Å². The Morgan fingerprint density at radius 2 is 1.48 bits per heavy atom. The van der Waals surface area contributed by atoms with Crippen LogP contribution >= 0.6 is 0 Å². The maximum atomic E-state index is 5.59. The van der Waals surface area contributed by atoms with Crippen LogP contribution in [-0.4, -0.2) is 28.7 Å². The SMILES string of the molecule is [Ga][O]c1ccccc1-n1nc2ccccc2c1-c1ccccc1. The van der Waals surface area contributed by atoms with Gasteiger partial charge in [-0.3, -0.25) is 0 Å². The van der Waals surface area contributed by atoms with Gasteiger partial charge in [-0.1, -0.05) is 0 Å². The number of aromatic nitrogens is 2. The first kappa shape index (κ1) is 14.2. The molecule has 3 aromatic carbocycles. The van der Waals surface area contributed by atoms with Crippen molar-refractivity contribution >= 4 is 29.9 Å². The van der Waals surface area contributed by atoms with Crippen LogP contribution in [0, 0.1) is 0 Å². The number of rotatable bonds is 3. The molecule has 0 atom stereocenters. The molecule has 0 unspecified atom stereocenters. The van der Waals surface area contributed by atoms with E-state index in [1.165, 1.54) is 19.0 Å². The van der Waals surface area contributed by atoms with Crippen LogP contribution in [0.3, 0.4) is 0 Å². The van der Waals surface area contributed by atoms with Crippen molar-refractivity contribution in [1.82, 2.24) is 9.78 Å². The minimum atomic E-state index is 0.831. The number of para-hydroxylation sites is 2. The molecule has 2 radical (unpaired) electrons. The Hall–Kier alpha value is -2.43. The molecule has 108 valence electrons. The first-order valence-corrected chi connectivity index (χ1v) is 8.37. The summed E-state index contributed by atoms with van der Waals surface area (Å²) in [6, 6.07) is 26.5.